The van der Waals surface area contributed by atoms with E-state index in [9.17, 15) is 0 Å². The summed E-state index contributed by atoms with van der Waals surface area (Å²) in [6, 6.07) is 16.8. The highest BCUT2D eigenvalue weighted by Crippen LogP contribution is 2.28. The van der Waals surface area contributed by atoms with E-state index in [0.29, 0.717) is 0 Å². The SMILES string of the molecule is Cc1cc(Nc2ccc(NCCc3c[nH]c4ccccc34)c(C)c2C)ccn1. The van der Waals surface area contributed by atoms with Gasteiger partial charge >= 0.3 is 0 Å². The van der Waals surface area contributed by atoms with Crippen LogP contribution in [-0.4, -0.2) is 16.5 Å². The van der Waals surface area contributed by atoms with Crippen LogP contribution < -0.4 is 10.6 Å². The number of benzene rings is 2. The average molecular weight is 371 g/mol. The van der Waals surface area contributed by atoms with Gasteiger partial charge in [-0.25, -0.2) is 0 Å². The van der Waals surface area contributed by atoms with E-state index < -0.39 is 0 Å². The molecular weight excluding hydrogens is 344 g/mol. The van der Waals surface area contributed by atoms with Crippen LogP contribution in [0.5, 0.6) is 0 Å². The number of nitrogens with one attached hydrogen (secondary N) is 3. The average Bonchev–Trinajstić information content (AvgIpc) is 3.11. The number of nitrogens with zero attached hydrogens (tertiary/aromatic N) is 1. The van der Waals surface area contributed by atoms with E-state index in [1.54, 1.807) is 0 Å². The van der Waals surface area contributed by atoms with Crippen molar-refractivity contribution in [2.75, 3.05) is 17.2 Å². The fourth-order valence-electron chi connectivity index (χ4n) is 3.60. The van der Waals surface area contributed by atoms with Crippen LogP contribution in [0.3, 0.4) is 0 Å². The number of aryl methyl sites for hydroxylation is 1. The van der Waals surface area contributed by atoms with Crippen molar-refractivity contribution in [2.45, 2.75) is 27.2 Å². The van der Waals surface area contributed by atoms with Gasteiger partial charge in [-0.15, -0.1) is 0 Å². The van der Waals surface area contributed by atoms with Crippen molar-refractivity contribution in [3.8, 4) is 0 Å². The van der Waals surface area contributed by atoms with Gasteiger partial charge in [-0.2, -0.15) is 0 Å². The van der Waals surface area contributed by atoms with Crippen LogP contribution in [0.15, 0.2) is 60.9 Å². The summed E-state index contributed by atoms with van der Waals surface area (Å²) in [4.78, 5) is 7.61. The number of anilines is 3. The highest BCUT2D eigenvalue weighted by atomic mass is 14.9. The molecule has 0 atom stereocenters. The van der Waals surface area contributed by atoms with Gasteiger partial charge in [-0.3, -0.25) is 4.98 Å². The molecular formula is C24H26N4. The van der Waals surface area contributed by atoms with E-state index in [4.69, 9.17) is 0 Å². The summed E-state index contributed by atoms with van der Waals surface area (Å²) in [7, 11) is 0. The van der Waals surface area contributed by atoms with Gasteiger partial charge in [0.05, 0.1) is 0 Å². The summed E-state index contributed by atoms with van der Waals surface area (Å²) in [5.41, 5.74) is 9.47. The third kappa shape index (κ3) is 3.72. The first-order valence-corrected chi connectivity index (χ1v) is 9.70. The van der Waals surface area contributed by atoms with E-state index in [0.717, 1.165) is 30.0 Å². The minimum atomic E-state index is 0.901. The lowest BCUT2D eigenvalue weighted by Gasteiger charge is -2.16. The zero-order valence-corrected chi connectivity index (χ0v) is 16.6. The molecule has 2 aromatic carbocycles. The normalized spacial score (nSPS) is 11.0. The first-order chi connectivity index (χ1) is 13.6. The van der Waals surface area contributed by atoms with Crippen molar-refractivity contribution in [3.63, 3.8) is 0 Å². The quantitative estimate of drug-likeness (QED) is 0.397. The molecule has 0 saturated carbocycles. The van der Waals surface area contributed by atoms with E-state index in [1.165, 1.54) is 33.3 Å². The summed E-state index contributed by atoms with van der Waals surface area (Å²) in [6.07, 6.45) is 4.94. The lowest BCUT2D eigenvalue weighted by molar-refractivity contribution is 1.02. The number of aromatic nitrogens is 2. The maximum Gasteiger partial charge on any atom is 0.0456 e. The maximum atomic E-state index is 4.26. The molecule has 4 aromatic rings. The standard InChI is InChI=1S/C24H26N4/c1-16-14-20(11-13-25-16)28-23-9-8-22(17(2)18(23)3)26-12-10-19-15-27-24-7-5-4-6-21(19)24/h4-9,11,13-15,26-27H,10,12H2,1-3H3,(H,25,28). The van der Waals surface area contributed by atoms with Crippen LogP contribution in [0.1, 0.15) is 22.4 Å². The number of hydrogen-bond donors (Lipinski definition) is 3. The van der Waals surface area contributed by atoms with E-state index >= 15 is 0 Å². The topological polar surface area (TPSA) is 52.7 Å². The van der Waals surface area contributed by atoms with E-state index in [1.807, 2.05) is 19.2 Å². The second-order valence-electron chi connectivity index (χ2n) is 7.26. The van der Waals surface area contributed by atoms with Crippen LogP contribution >= 0.6 is 0 Å². The maximum absolute atomic E-state index is 4.26. The summed E-state index contributed by atoms with van der Waals surface area (Å²) >= 11 is 0. The minimum Gasteiger partial charge on any atom is -0.384 e. The van der Waals surface area contributed by atoms with Gasteiger partial charge in [0.15, 0.2) is 0 Å². The van der Waals surface area contributed by atoms with Gasteiger partial charge in [0.1, 0.15) is 0 Å². The first kappa shape index (κ1) is 18.1. The van der Waals surface area contributed by atoms with Crippen molar-refractivity contribution in [1.82, 2.24) is 9.97 Å². The predicted octanol–water partition coefficient (Wildman–Crippen LogP) is 5.89. The van der Waals surface area contributed by atoms with Crippen molar-refractivity contribution < 1.29 is 0 Å². The highest BCUT2D eigenvalue weighted by molar-refractivity contribution is 5.83. The largest absolute Gasteiger partial charge is 0.384 e. The van der Waals surface area contributed by atoms with E-state index in [-0.39, 0.29) is 0 Å². The third-order valence-corrected chi connectivity index (χ3v) is 5.35. The lowest BCUT2D eigenvalue weighted by Crippen LogP contribution is -2.07. The second-order valence-corrected chi connectivity index (χ2v) is 7.26. The number of pyridine rings is 1. The smallest absolute Gasteiger partial charge is 0.0456 e. The zero-order chi connectivity index (χ0) is 19.5. The molecule has 0 aliphatic carbocycles. The number of aromatic amines is 1. The molecule has 2 heterocycles. The molecule has 0 unspecified atom stereocenters. The number of hydrogen-bond acceptors (Lipinski definition) is 3. The monoisotopic (exact) mass is 370 g/mol. The highest BCUT2D eigenvalue weighted by Gasteiger charge is 2.08. The van der Waals surface area contributed by atoms with Crippen molar-refractivity contribution in [1.29, 1.82) is 0 Å². The summed E-state index contributed by atoms with van der Waals surface area (Å²) in [6.45, 7) is 7.24. The molecule has 3 N–H and O–H groups in total. The Labute approximate surface area is 166 Å². The van der Waals surface area contributed by atoms with Crippen LogP contribution in [0, 0.1) is 20.8 Å². The third-order valence-electron chi connectivity index (χ3n) is 5.35. The molecule has 0 fully saturated rings. The fourth-order valence-corrected chi connectivity index (χ4v) is 3.60. The van der Waals surface area contributed by atoms with Gasteiger partial charge in [0, 0.05) is 52.6 Å². The predicted molar refractivity (Wildman–Crippen MR) is 119 cm³/mol. The molecule has 4 heteroatoms. The van der Waals surface area contributed by atoms with Crippen LogP contribution in [0.25, 0.3) is 10.9 Å². The lowest BCUT2D eigenvalue weighted by atomic mass is 10.0. The molecule has 142 valence electrons. The Morgan fingerprint density at radius 1 is 0.929 bits per heavy atom. The van der Waals surface area contributed by atoms with Crippen molar-refractivity contribution in [2.24, 2.45) is 0 Å². The van der Waals surface area contributed by atoms with Gasteiger partial charge in [0.2, 0.25) is 0 Å². The van der Waals surface area contributed by atoms with Crippen molar-refractivity contribution >= 4 is 28.0 Å². The van der Waals surface area contributed by atoms with Gasteiger partial charge in [-0.05, 0) is 74.2 Å². The molecule has 0 radical (unpaired) electrons. The Bertz CT molecular complexity index is 1110. The molecule has 0 saturated heterocycles. The molecule has 0 amide bonds. The van der Waals surface area contributed by atoms with Crippen LogP contribution in [-0.2, 0) is 6.42 Å². The summed E-state index contributed by atoms with van der Waals surface area (Å²) < 4.78 is 0. The van der Waals surface area contributed by atoms with Crippen molar-refractivity contribution in [3.05, 3.63) is 83.3 Å². The Balaban J connectivity index is 1.44. The van der Waals surface area contributed by atoms with Gasteiger partial charge < -0.3 is 15.6 Å². The first-order valence-electron chi connectivity index (χ1n) is 9.70. The Morgan fingerprint density at radius 2 is 1.71 bits per heavy atom. The Morgan fingerprint density at radius 3 is 2.57 bits per heavy atom. The van der Waals surface area contributed by atoms with Gasteiger partial charge in [-0.1, -0.05) is 18.2 Å². The number of para-hydroxylation sites is 1. The van der Waals surface area contributed by atoms with Crippen LogP contribution in [0.4, 0.5) is 17.1 Å². The summed E-state index contributed by atoms with van der Waals surface area (Å²) in [5, 5.41) is 8.42. The number of H-pyrrole nitrogens is 1. The Hall–Kier alpha value is -3.27. The fraction of sp³-hybridized carbons (Fsp3) is 0.208. The second kappa shape index (κ2) is 7.77. The summed E-state index contributed by atoms with van der Waals surface area (Å²) in [5.74, 6) is 0. The molecule has 2 aromatic heterocycles. The molecule has 4 rings (SSSR count). The zero-order valence-electron chi connectivity index (χ0n) is 16.6. The molecule has 0 bridgehead atoms. The number of rotatable bonds is 6. The molecule has 0 spiro atoms. The molecule has 0 aliphatic heterocycles. The van der Waals surface area contributed by atoms with Crippen LogP contribution in [0.2, 0.25) is 0 Å². The Kier molecular flexibility index (Phi) is 5.02. The molecule has 28 heavy (non-hydrogen) atoms. The number of fused-ring (bicyclic) bond motifs is 1. The van der Waals surface area contributed by atoms with E-state index in [2.05, 4.69) is 83.1 Å². The molecule has 0 aliphatic rings. The minimum absolute atomic E-state index is 0.901. The van der Waals surface area contributed by atoms with Gasteiger partial charge in [0.25, 0.3) is 0 Å². The molecule has 4 nitrogen and oxygen atoms in total.